The van der Waals surface area contributed by atoms with E-state index in [1.165, 1.54) is 13.8 Å². The zero-order valence-corrected chi connectivity index (χ0v) is 18.2. The minimum absolute atomic E-state index is 0.211. The monoisotopic (exact) mass is 471 g/mol. The summed E-state index contributed by atoms with van der Waals surface area (Å²) >= 11 is 3.49. The number of carboxylic acids is 1. The molecule has 30 heavy (non-hydrogen) atoms. The summed E-state index contributed by atoms with van der Waals surface area (Å²) in [6, 6.07) is 18.5. The summed E-state index contributed by atoms with van der Waals surface area (Å²) in [7, 11) is 0. The molecule has 3 aromatic rings. The van der Waals surface area contributed by atoms with Crippen LogP contribution >= 0.6 is 15.9 Å². The van der Waals surface area contributed by atoms with Crippen molar-refractivity contribution in [2.75, 3.05) is 13.2 Å². The largest absolute Gasteiger partial charge is 0.490 e. The number of nitrogens with one attached hydrogen (secondary N) is 1. The van der Waals surface area contributed by atoms with Gasteiger partial charge in [0.15, 0.2) is 0 Å². The maximum atomic E-state index is 12.9. The fraction of sp³-hybridized carbons (Fsp3) is 0.217. The molecule has 0 fully saturated rings. The van der Waals surface area contributed by atoms with E-state index in [4.69, 9.17) is 9.47 Å². The molecule has 0 aliphatic carbocycles. The van der Waals surface area contributed by atoms with Crippen LogP contribution < -0.4 is 14.8 Å². The topological polar surface area (TPSA) is 84.9 Å². The lowest BCUT2D eigenvalue weighted by Crippen LogP contribution is -2.49. The van der Waals surface area contributed by atoms with Crippen LogP contribution in [0, 0.1) is 0 Å². The second kappa shape index (κ2) is 9.17. The van der Waals surface area contributed by atoms with E-state index >= 15 is 0 Å². The molecule has 0 heterocycles. The van der Waals surface area contributed by atoms with Gasteiger partial charge in [-0.15, -0.1) is 0 Å². The van der Waals surface area contributed by atoms with Crippen molar-refractivity contribution in [2.24, 2.45) is 0 Å². The summed E-state index contributed by atoms with van der Waals surface area (Å²) < 4.78 is 12.3. The normalized spacial score (nSPS) is 11.2. The van der Waals surface area contributed by atoms with Crippen LogP contribution in [0.4, 0.5) is 0 Å². The van der Waals surface area contributed by atoms with Crippen LogP contribution in [0.15, 0.2) is 65.1 Å². The minimum atomic E-state index is -1.43. The van der Waals surface area contributed by atoms with Crippen molar-refractivity contribution in [1.82, 2.24) is 5.32 Å². The summed E-state index contributed by atoms with van der Waals surface area (Å²) in [5.74, 6) is -0.561. The second-order valence-corrected chi connectivity index (χ2v) is 8.03. The predicted octanol–water partition coefficient (Wildman–Crippen LogP) is 4.65. The highest BCUT2D eigenvalue weighted by atomic mass is 79.9. The summed E-state index contributed by atoms with van der Waals surface area (Å²) in [6.07, 6.45) is 0. The number of para-hydroxylation sites is 1. The van der Waals surface area contributed by atoms with E-state index in [1.807, 2.05) is 54.6 Å². The average molecular weight is 472 g/mol. The molecule has 0 bridgehead atoms. The Morgan fingerprint density at radius 2 is 1.57 bits per heavy atom. The third-order valence-corrected chi connectivity index (χ3v) is 5.15. The van der Waals surface area contributed by atoms with Crippen molar-refractivity contribution in [3.05, 3.63) is 70.7 Å². The molecule has 7 heteroatoms. The molecule has 0 spiro atoms. The molecule has 3 aromatic carbocycles. The van der Waals surface area contributed by atoms with E-state index < -0.39 is 17.4 Å². The van der Waals surface area contributed by atoms with Gasteiger partial charge in [0.25, 0.3) is 5.91 Å². The summed E-state index contributed by atoms with van der Waals surface area (Å²) in [4.78, 5) is 24.4. The maximum Gasteiger partial charge on any atom is 0.328 e. The van der Waals surface area contributed by atoms with Crippen molar-refractivity contribution in [3.8, 4) is 11.5 Å². The van der Waals surface area contributed by atoms with Crippen LogP contribution in [-0.4, -0.2) is 35.7 Å². The molecule has 1 amide bonds. The number of hydrogen-bond donors (Lipinski definition) is 2. The molecule has 0 aliphatic heterocycles. The van der Waals surface area contributed by atoms with E-state index in [0.29, 0.717) is 10.2 Å². The van der Waals surface area contributed by atoms with Crippen LogP contribution in [-0.2, 0) is 4.79 Å². The fourth-order valence-electron chi connectivity index (χ4n) is 2.85. The van der Waals surface area contributed by atoms with Crippen molar-refractivity contribution < 1.29 is 24.2 Å². The molecule has 0 unspecified atom stereocenters. The Labute approximate surface area is 182 Å². The lowest BCUT2D eigenvalue weighted by molar-refractivity contribution is -0.143. The third-order valence-electron chi connectivity index (χ3n) is 4.49. The van der Waals surface area contributed by atoms with E-state index in [1.54, 1.807) is 6.07 Å². The predicted molar refractivity (Wildman–Crippen MR) is 118 cm³/mol. The number of carboxylic acid groups (broad SMARTS) is 1. The van der Waals surface area contributed by atoms with Gasteiger partial charge in [0.05, 0.1) is 5.56 Å². The zero-order chi connectivity index (χ0) is 21.7. The lowest BCUT2D eigenvalue weighted by atomic mass is 10.0. The van der Waals surface area contributed by atoms with Crippen molar-refractivity contribution in [2.45, 2.75) is 19.4 Å². The van der Waals surface area contributed by atoms with Crippen LogP contribution in [0.5, 0.6) is 11.5 Å². The Hall–Kier alpha value is -3.06. The van der Waals surface area contributed by atoms with Gasteiger partial charge < -0.3 is 19.9 Å². The zero-order valence-electron chi connectivity index (χ0n) is 16.6. The molecule has 6 nitrogen and oxygen atoms in total. The van der Waals surface area contributed by atoms with Gasteiger partial charge in [0, 0.05) is 9.86 Å². The van der Waals surface area contributed by atoms with Crippen LogP contribution in [0.3, 0.4) is 0 Å². The number of carbonyl (C=O) groups excluding carboxylic acids is 1. The van der Waals surface area contributed by atoms with E-state index in [-0.39, 0.29) is 18.8 Å². The highest BCUT2D eigenvalue weighted by Gasteiger charge is 2.31. The molecule has 0 saturated carbocycles. The maximum absolute atomic E-state index is 12.9. The number of fused-ring (bicyclic) bond motifs is 1. The van der Waals surface area contributed by atoms with Gasteiger partial charge in [-0.05, 0) is 37.4 Å². The third kappa shape index (κ3) is 4.91. The SMILES string of the molecule is CC(C)(NC(=O)c1cc(Br)c2ccccc2c1OCCOc1ccccc1)C(=O)O. The number of hydrogen-bond acceptors (Lipinski definition) is 4. The van der Waals surface area contributed by atoms with Crippen LogP contribution in [0.2, 0.25) is 0 Å². The van der Waals surface area contributed by atoms with Gasteiger partial charge in [0.2, 0.25) is 0 Å². The molecule has 3 rings (SSSR count). The lowest BCUT2D eigenvalue weighted by Gasteiger charge is -2.22. The Kier molecular flexibility index (Phi) is 6.62. The molecule has 156 valence electrons. The first-order valence-electron chi connectivity index (χ1n) is 9.37. The number of ether oxygens (including phenoxy) is 2. The first-order chi connectivity index (χ1) is 14.3. The number of rotatable bonds is 8. The van der Waals surface area contributed by atoms with Gasteiger partial charge in [-0.1, -0.05) is 58.4 Å². The smallest absolute Gasteiger partial charge is 0.328 e. The fourth-order valence-corrected chi connectivity index (χ4v) is 3.43. The molecular formula is C23H22BrNO5. The van der Waals surface area contributed by atoms with Gasteiger partial charge in [-0.2, -0.15) is 0 Å². The molecule has 0 saturated heterocycles. The first-order valence-corrected chi connectivity index (χ1v) is 10.2. The van der Waals surface area contributed by atoms with E-state index in [2.05, 4.69) is 21.2 Å². The molecule has 2 N–H and O–H groups in total. The standard InChI is InChI=1S/C23H22BrNO5/c1-23(2,22(27)28)25-21(26)18-14-19(24)16-10-6-7-11-17(16)20(18)30-13-12-29-15-8-4-3-5-9-15/h3-11,14H,12-13H2,1-2H3,(H,25,26)(H,27,28). The van der Waals surface area contributed by atoms with Crippen LogP contribution in [0.25, 0.3) is 10.8 Å². The quantitative estimate of drug-likeness (QED) is 0.467. The number of carbonyl (C=O) groups is 2. The molecular weight excluding hydrogens is 450 g/mol. The van der Waals surface area contributed by atoms with Gasteiger partial charge in [-0.25, -0.2) is 4.79 Å². The summed E-state index contributed by atoms with van der Waals surface area (Å²) in [5, 5.41) is 13.5. The Morgan fingerprint density at radius 3 is 2.23 bits per heavy atom. The number of benzene rings is 3. The molecule has 0 aliphatic rings. The molecule has 0 aromatic heterocycles. The molecule has 0 radical (unpaired) electrons. The van der Waals surface area contributed by atoms with Crippen molar-refractivity contribution >= 4 is 38.6 Å². The van der Waals surface area contributed by atoms with Crippen molar-refractivity contribution in [3.63, 3.8) is 0 Å². The summed E-state index contributed by atoms with van der Waals surface area (Å²) in [5.41, 5.74) is -1.18. The van der Waals surface area contributed by atoms with E-state index in [9.17, 15) is 14.7 Å². The van der Waals surface area contributed by atoms with Crippen molar-refractivity contribution in [1.29, 1.82) is 0 Å². The number of aliphatic carboxylic acids is 1. The summed E-state index contributed by atoms with van der Waals surface area (Å²) in [6.45, 7) is 3.36. The van der Waals surface area contributed by atoms with Crippen LogP contribution in [0.1, 0.15) is 24.2 Å². The highest BCUT2D eigenvalue weighted by Crippen LogP contribution is 2.35. The average Bonchev–Trinajstić information content (AvgIpc) is 2.72. The molecule has 0 atom stereocenters. The number of amides is 1. The second-order valence-electron chi connectivity index (χ2n) is 7.17. The Morgan fingerprint density at radius 1 is 0.967 bits per heavy atom. The Bertz CT molecular complexity index is 1070. The van der Waals surface area contributed by atoms with Gasteiger partial charge in [0.1, 0.15) is 30.3 Å². The number of halogens is 1. The minimum Gasteiger partial charge on any atom is -0.490 e. The highest BCUT2D eigenvalue weighted by molar-refractivity contribution is 9.10. The van der Waals surface area contributed by atoms with E-state index in [0.717, 1.165) is 16.5 Å². The van der Waals surface area contributed by atoms with Gasteiger partial charge >= 0.3 is 5.97 Å². The van der Waals surface area contributed by atoms with Gasteiger partial charge in [-0.3, -0.25) is 4.79 Å². The first kappa shape index (κ1) is 21.6. The Balaban J connectivity index is 1.88.